The molecule has 2 heterocycles. The smallest absolute Gasteiger partial charge is 0.343 e. The second-order valence-electron chi connectivity index (χ2n) is 2.94. The molecule has 0 aliphatic carbocycles. The summed E-state index contributed by atoms with van der Waals surface area (Å²) in [4.78, 5) is 11.1. The van der Waals surface area contributed by atoms with Crippen molar-refractivity contribution in [1.82, 2.24) is 0 Å². The second kappa shape index (κ2) is 1.87. The summed E-state index contributed by atoms with van der Waals surface area (Å²) in [5, 5.41) is 0. The highest BCUT2D eigenvalue weighted by Crippen LogP contribution is 2.46. The average molecular weight is 162 g/mol. The molecule has 0 aromatic heterocycles. The quantitative estimate of drug-likeness (QED) is 0.325. The molecule has 12 heavy (non-hydrogen) atoms. The monoisotopic (exact) mass is 162 g/mol. The molecule has 0 radical (unpaired) electrons. The van der Waals surface area contributed by atoms with Crippen LogP contribution in [0, 0.1) is 0 Å². The van der Waals surface area contributed by atoms with E-state index < -0.39 is 0 Å². The standard InChI is InChI=1S/C9H6O3/c10-9-8-7(12-8)5-3-1-2-4-6(5)11-9/h1-4,7-8H. The average Bonchev–Trinajstić information content (AvgIpc) is 2.84. The number of rotatable bonds is 0. The summed E-state index contributed by atoms with van der Waals surface area (Å²) >= 11 is 0. The van der Waals surface area contributed by atoms with Gasteiger partial charge in [0.15, 0.2) is 6.10 Å². The van der Waals surface area contributed by atoms with Gasteiger partial charge >= 0.3 is 5.97 Å². The van der Waals surface area contributed by atoms with Crippen molar-refractivity contribution in [2.75, 3.05) is 0 Å². The third-order valence-corrected chi connectivity index (χ3v) is 2.16. The third kappa shape index (κ3) is 0.662. The van der Waals surface area contributed by atoms with Gasteiger partial charge in [-0.3, -0.25) is 0 Å². The lowest BCUT2D eigenvalue weighted by molar-refractivity contribution is -0.136. The Kier molecular flexibility index (Phi) is 0.966. The SMILES string of the molecule is O=C1Oc2ccccc2C2OC12. The first-order valence-electron chi connectivity index (χ1n) is 3.82. The molecule has 1 aromatic rings. The highest BCUT2D eigenvalue weighted by atomic mass is 16.6. The van der Waals surface area contributed by atoms with Gasteiger partial charge < -0.3 is 9.47 Å². The second-order valence-corrected chi connectivity index (χ2v) is 2.94. The summed E-state index contributed by atoms with van der Waals surface area (Å²) in [5.41, 5.74) is 0.988. The van der Waals surface area contributed by atoms with E-state index in [1.807, 2.05) is 18.2 Å². The minimum atomic E-state index is -0.333. The predicted octanol–water partition coefficient (Wildman–Crippen LogP) is 1.05. The van der Waals surface area contributed by atoms with Crippen LogP contribution in [0.2, 0.25) is 0 Å². The van der Waals surface area contributed by atoms with E-state index in [1.54, 1.807) is 6.07 Å². The van der Waals surface area contributed by atoms with Gasteiger partial charge in [0.25, 0.3) is 0 Å². The Bertz CT molecular complexity index is 359. The molecule has 2 aliphatic rings. The van der Waals surface area contributed by atoms with Crippen molar-refractivity contribution in [1.29, 1.82) is 0 Å². The van der Waals surface area contributed by atoms with Crippen molar-refractivity contribution in [3.8, 4) is 5.75 Å². The Hall–Kier alpha value is -1.35. The molecule has 3 nitrogen and oxygen atoms in total. The summed E-state index contributed by atoms with van der Waals surface area (Å²) < 4.78 is 10.2. The predicted molar refractivity (Wildman–Crippen MR) is 39.7 cm³/mol. The van der Waals surface area contributed by atoms with Crippen LogP contribution in [0.3, 0.4) is 0 Å². The van der Waals surface area contributed by atoms with Gasteiger partial charge in [0.2, 0.25) is 0 Å². The molecule has 1 aromatic carbocycles. The van der Waals surface area contributed by atoms with E-state index in [0.29, 0.717) is 5.75 Å². The van der Waals surface area contributed by atoms with Crippen LogP contribution >= 0.6 is 0 Å². The largest absolute Gasteiger partial charge is 0.424 e. The van der Waals surface area contributed by atoms with E-state index in [2.05, 4.69) is 0 Å². The first-order valence-corrected chi connectivity index (χ1v) is 3.82. The molecule has 2 unspecified atom stereocenters. The van der Waals surface area contributed by atoms with Crippen molar-refractivity contribution >= 4 is 5.97 Å². The van der Waals surface area contributed by atoms with E-state index in [4.69, 9.17) is 9.47 Å². The van der Waals surface area contributed by atoms with Crippen LogP contribution in [-0.4, -0.2) is 12.1 Å². The topological polar surface area (TPSA) is 38.8 Å². The Labute approximate surface area is 68.9 Å². The number of hydrogen-bond donors (Lipinski definition) is 0. The number of epoxide rings is 1. The van der Waals surface area contributed by atoms with E-state index >= 15 is 0 Å². The number of benzene rings is 1. The highest BCUT2D eigenvalue weighted by Gasteiger charge is 2.52. The number of carbonyl (C=O) groups excluding carboxylic acids is 1. The molecule has 1 fully saturated rings. The number of fused-ring (bicyclic) bond motifs is 3. The van der Waals surface area contributed by atoms with Gasteiger partial charge in [0.05, 0.1) is 0 Å². The molecule has 2 aliphatic heterocycles. The van der Waals surface area contributed by atoms with Crippen molar-refractivity contribution in [3.63, 3.8) is 0 Å². The summed E-state index contributed by atoms with van der Waals surface area (Å²) in [5.74, 6) is 0.375. The van der Waals surface area contributed by atoms with E-state index in [-0.39, 0.29) is 18.2 Å². The van der Waals surface area contributed by atoms with E-state index in [0.717, 1.165) is 5.56 Å². The van der Waals surface area contributed by atoms with Crippen LogP contribution in [0.5, 0.6) is 5.75 Å². The van der Waals surface area contributed by atoms with Crippen LogP contribution in [0.15, 0.2) is 24.3 Å². The van der Waals surface area contributed by atoms with Crippen LogP contribution < -0.4 is 4.74 Å². The summed E-state index contributed by atoms with van der Waals surface area (Å²) in [7, 11) is 0. The first-order chi connectivity index (χ1) is 5.86. The maximum atomic E-state index is 11.1. The lowest BCUT2D eigenvalue weighted by atomic mass is 10.1. The Balaban J connectivity index is 2.16. The van der Waals surface area contributed by atoms with Crippen molar-refractivity contribution < 1.29 is 14.3 Å². The first kappa shape index (κ1) is 6.20. The van der Waals surface area contributed by atoms with Gasteiger partial charge in [-0.2, -0.15) is 0 Å². The van der Waals surface area contributed by atoms with Gasteiger partial charge in [-0.1, -0.05) is 18.2 Å². The third-order valence-electron chi connectivity index (χ3n) is 2.16. The molecule has 1 saturated heterocycles. The Morgan fingerprint density at radius 1 is 1.17 bits per heavy atom. The van der Waals surface area contributed by atoms with E-state index in [1.165, 1.54) is 0 Å². The maximum absolute atomic E-state index is 11.1. The number of esters is 1. The number of ether oxygens (including phenoxy) is 2. The van der Waals surface area contributed by atoms with Crippen molar-refractivity contribution in [2.45, 2.75) is 12.2 Å². The van der Waals surface area contributed by atoms with E-state index in [9.17, 15) is 4.79 Å². The van der Waals surface area contributed by atoms with Crippen LogP contribution in [0.25, 0.3) is 0 Å². The zero-order valence-corrected chi connectivity index (χ0v) is 6.19. The number of hydrogen-bond acceptors (Lipinski definition) is 3. The summed E-state index contributed by atoms with van der Waals surface area (Å²) in [6.07, 6.45) is -0.373. The molecule has 3 rings (SSSR count). The fourth-order valence-corrected chi connectivity index (χ4v) is 1.50. The fraction of sp³-hybridized carbons (Fsp3) is 0.222. The molecular weight excluding hydrogens is 156 g/mol. The maximum Gasteiger partial charge on any atom is 0.343 e. The zero-order valence-electron chi connectivity index (χ0n) is 6.19. The molecule has 3 heteroatoms. The van der Waals surface area contributed by atoms with Gasteiger partial charge in [0, 0.05) is 5.56 Å². The fourth-order valence-electron chi connectivity index (χ4n) is 1.50. The normalized spacial score (nSPS) is 30.2. The van der Waals surface area contributed by atoms with Crippen molar-refractivity contribution in [2.24, 2.45) is 0 Å². The number of carbonyl (C=O) groups is 1. The Morgan fingerprint density at radius 2 is 2.00 bits per heavy atom. The van der Waals surface area contributed by atoms with Crippen LogP contribution in [0.1, 0.15) is 11.7 Å². The van der Waals surface area contributed by atoms with Crippen LogP contribution in [0.4, 0.5) is 0 Å². The van der Waals surface area contributed by atoms with Gasteiger partial charge in [0.1, 0.15) is 11.9 Å². The highest BCUT2D eigenvalue weighted by molar-refractivity contribution is 5.83. The van der Waals surface area contributed by atoms with Gasteiger partial charge in [-0.05, 0) is 6.07 Å². The minimum absolute atomic E-state index is 0.0394. The summed E-state index contributed by atoms with van der Waals surface area (Å²) in [6, 6.07) is 7.46. The lowest BCUT2D eigenvalue weighted by Gasteiger charge is -2.10. The van der Waals surface area contributed by atoms with Crippen molar-refractivity contribution in [3.05, 3.63) is 29.8 Å². The molecule has 60 valence electrons. The Morgan fingerprint density at radius 3 is 2.92 bits per heavy atom. The molecule has 2 atom stereocenters. The van der Waals surface area contributed by atoms with Gasteiger partial charge in [-0.25, -0.2) is 4.79 Å². The minimum Gasteiger partial charge on any atom is -0.424 e. The number of para-hydroxylation sites is 1. The zero-order chi connectivity index (χ0) is 8.13. The molecule has 0 N–H and O–H groups in total. The molecule has 0 spiro atoms. The summed E-state index contributed by atoms with van der Waals surface area (Å²) in [6.45, 7) is 0. The molecule has 0 bridgehead atoms. The molecule has 0 saturated carbocycles. The van der Waals surface area contributed by atoms with Crippen LogP contribution in [-0.2, 0) is 9.53 Å². The lowest BCUT2D eigenvalue weighted by Crippen LogP contribution is -2.20. The van der Waals surface area contributed by atoms with Gasteiger partial charge in [-0.15, -0.1) is 0 Å². The molecule has 0 amide bonds. The molecular formula is C9H6O3.